The van der Waals surface area contributed by atoms with Crippen molar-refractivity contribution in [2.24, 2.45) is 23.7 Å². The lowest BCUT2D eigenvalue weighted by Crippen LogP contribution is -2.30. The molecule has 0 aromatic heterocycles. The average Bonchev–Trinajstić information content (AvgIpc) is 2.30. The Bertz CT molecular complexity index is 233. The van der Waals surface area contributed by atoms with Gasteiger partial charge in [-0.2, -0.15) is 0 Å². The Labute approximate surface area is 101 Å². The Morgan fingerprint density at radius 3 is 1.50 bits per heavy atom. The third kappa shape index (κ3) is 2.78. The van der Waals surface area contributed by atoms with Gasteiger partial charge in [0, 0.05) is 0 Å². The summed E-state index contributed by atoms with van der Waals surface area (Å²) < 4.78 is 0. The SMILES string of the molecule is CC=CC1CCC2CC(C=CC)CCC2C1. The molecule has 0 aromatic carbocycles. The molecule has 2 aliphatic rings. The van der Waals surface area contributed by atoms with Gasteiger partial charge in [-0.15, -0.1) is 0 Å². The summed E-state index contributed by atoms with van der Waals surface area (Å²) in [6.07, 6.45) is 18.1. The van der Waals surface area contributed by atoms with Gasteiger partial charge in [-0.25, -0.2) is 0 Å². The van der Waals surface area contributed by atoms with Crippen molar-refractivity contribution < 1.29 is 0 Å². The quantitative estimate of drug-likeness (QED) is 0.574. The summed E-state index contributed by atoms with van der Waals surface area (Å²) in [6, 6.07) is 0. The molecule has 0 heterocycles. The first-order valence-electron chi connectivity index (χ1n) is 7.09. The molecule has 0 heteroatoms. The van der Waals surface area contributed by atoms with Crippen LogP contribution in [0.5, 0.6) is 0 Å². The minimum atomic E-state index is 0.893. The fourth-order valence-electron chi connectivity index (χ4n) is 3.86. The molecule has 16 heavy (non-hydrogen) atoms. The molecular weight excluding hydrogens is 192 g/mol. The van der Waals surface area contributed by atoms with Crippen molar-refractivity contribution in [1.29, 1.82) is 0 Å². The molecular formula is C16H26. The van der Waals surface area contributed by atoms with Crippen LogP contribution >= 0.6 is 0 Å². The molecule has 2 saturated carbocycles. The normalized spacial score (nSPS) is 40.4. The molecule has 0 N–H and O–H groups in total. The summed E-state index contributed by atoms with van der Waals surface area (Å²) in [5.74, 6) is 3.86. The molecule has 0 aliphatic heterocycles. The van der Waals surface area contributed by atoms with Crippen LogP contribution in [0.25, 0.3) is 0 Å². The molecule has 90 valence electrons. The van der Waals surface area contributed by atoms with Crippen LogP contribution in [0.1, 0.15) is 52.4 Å². The van der Waals surface area contributed by atoms with E-state index in [0.717, 1.165) is 23.7 Å². The average molecular weight is 218 g/mol. The molecule has 2 rings (SSSR count). The minimum absolute atomic E-state index is 0.893. The van der Waals surface area contributed by atoms with Crippen molar-refractivity contribution in [2.45, 2.75) is 52.4 Å². The van der Waals surface area contributed by atoms with E-state index in [1.54, 1.807) is 0 Å². The van der Waals surface area contributed by atoms with Crippen LogP contribution in [0, 0.1) is 23.7 Å². The van der Waals surface area contributed by atoms with E-state index in [9.17, 15) is 0 Å². The third-order valence-electron chi connectivity index (χ3n) is 4.62. The fourth-order valence-corrected chi connectivity index (χ4v) is 3.86. The van der Waals surface area contributed by atoms with Crippen molar-refractivity contribution in [2.75, 3.05) is 0 Å². The molecule has 4 atom stereocenters. The third-order valence-corrected chi connectivity index (χ3v) is 4.62. The van der Waals surface area contributed by atoms with Gasteiger partial charge in [0.05, 0.1) is 0 Å². The summed E-state index contributed by atoms with van der Waals surface area (Å²) in [5.41, 5.74) is 0. The van der Waals surface area contributed by atoms with Gasteiger partial charge in [-0.1, -0.05) is 24.3 Å². The van der Waals surface area contributed by atoms with Crippen molar-refractivity contribution in [3.63, 3.8) is 0 Å². The van der Waals surface area contributed by atoms with Crippen molar-refractivity contribution in [1.82, 2.24) is 0 Å². The van der Waals surface area contributed by atoms with E-state index in [1.165, 1.54) is 38.5 Å². The van der Waals surface area contributed by atoms with Gasteiger partial charge in [0.1, 0.15) is 0 Å². The zero-order valence-corrected chi connectivity index (χ0v) is 10.9. The molecule has 0 radical (unpaired) electrons. The standard InChI is InChI=1S/C16H26/c1-3-5-13-7-9-16-12-14(6-4-2)8-10-15(16)11-13/h3-6,13-16H,7-12H2,1-2H3. The number of hydrogen-bond acceptors (Lipinski definition) is 0. The van der Waals surface area contributed by atoms with E-state index in [1.807, 2.05) is 0 Å². The Morgan fingerprint density at radius 2 is 1.12 bits per heavy atom. The largest absolute Gasteiger partial charge is 0.0914 e. The van der Waals surface area contributed by atoms with Gasteiger partial charge in [0.2, 0.25) is 0 Å². The summed E-state index contributed by atoms with van der Waals surface area (Å²) in [4.78, 5) is 0. The van der Waals surface area contributed by atoms with Gasteiger partial charge >= 0.3 is 0 Å². The van der Waals surface area contributed by atoms with E-state index < -0.39 is 0 Å². The lowest BCUT2D eigenvalue weighted by atomic mass is 9.65. The maximum absolute atomic E-state index is 2.44. The van der Waals surface area contributed by atoms with Crippen molar-refractivity contribution in [3.05, 3.63) is 24.3 Å². The van der Waals surface area contributed by atoms with Crippen LogP contribution in [-0.2, 0) is 0 Å². The van der Waals surface area contributed by atoms with Crippen molar-refractivity contribution >= 4 is 0 Å². The minimum Gasteiger partial charge on any atom is -0.0914 e. The van der Waals surface area contributed by atoms with E-state index in [4.69, 9.17) is 0 Å². The predicted molar refractivity (Wildman–Crippen MR) is 71.3 cm³/mol. The van der Waals surface area contributed by atoms with Crippen LogP contribution in [-0.4, -0.2) is 0 Å². The Hall–Kier alpha value is -0.520. The Balaban J connectivity index is 1.89. The number of fused-ring (bicyclic) bond motifs is 1. The van der Waals surface area contributed by atoms with E-state index in [0.29, 0.717) is 0 Å². The second-order valence-corrected chi connectivity index (χ2v) is 5.72. The lowest BCUT2D eigenvalue weighted by Gasteiger charge is -2.41. The first-order valence-corrected chi connectivity index (χ1v) is 7.09. The number of hydrogen-bond donors (Lipinski definition) is 0. The first-order chi connectivity index (χ1) is 7.83. The van der Waals surface area contributed by atoms with E-state index >= 15 is 0 Å². The zero-order chi connectivity index (χ0) is 11.4. The second kappa shape index (κ2) is 5.70. The van der Waals surface area contributed by atoms with Gasteiger partial charge in [-0.3, -0.25) is 0 Å². The van der Waals surface area contributed by atoms with Crippen LogP contribution < -0.4 is 0 Å². The fraction of sp³-hybridized carbons (Fsp3) is 0.750. The lowest BCUT2D eigenvalue weighted by molar-refractivity contribution is 0.126. The molecule has 0 saturated heterocycles. The van der Waals surface area contributed by atoms with E-state index in [-0.39, 0.29) is 0 Å². The maximum atomic E-state index is 2.44. The molecule has 0 amide bonds. The monoisotopic (exact) mass is 218 g/mol. The highest BCUT2D eigenvalue weighted by molar-refractivity contribution is 4.97. The first kappa shape index (κ1) is 12.0. The zero-order valence-electron chi connectivity index (χ0n) is 10.9. The van der Waals surface area contributed by atoms with Crippen LogP contribution in [0.15, 0.2) is 24.3 Å². The molecule has 4 unspecified atom stereocenters. The van der Waals surface area contributed by atoms with Crippen LogP contribution in [0.4, 0.5) is 0 Å². The summed E-state index contributed by atoms with van der Waals surface area (Å²) in [7, 11) is 0. The van der Waals surface area contributed by atoms with Gasteiger partial charge in [0.15, 0.2) is 0 Å². The molecule has 0 nitrogen and oxygen atoms in total. The molecule has 0 aromatic rings. The summed E-state index contributed by atoms with van der Waals surface area (Å²) >= 11 is 0. The molecule has 0 spiro atoms. The highest BCUT2D eigenvalue weighted by atomic mass is 14.4. The predicted octanol–water partition coefficient (Wildman–Crippen LogP) is 4.97. The van der Waals surface area contributed by atoms with E-state index in [2.05, 4.69) is 38.2 Å². The van der Waals surface area contributed by atoms with Crippen LogP contribution in [0.2, 0.25) is 0 Å². The molecule has 2 aliphatic carbocycles. The molecule has 0 bridgehead atoms. The van der Waals surface area contributed by atoms with Crippen LogP contribution in [0.3, 0.4) is 0 Å². The second-order valence-electron chi connectivity index (χ2n) is 5.72. The summed E-state index contributed by atoms with van der Waals surface area (Å²) in [5, 5.41) is 0. The highest BCUT2D eigenvalue weighted by Crippen LogP contribution is 2.45. The van der Waals surface area contributed by atoms with Gasteiger partial charge < -0.3 is 0 Å². The van der Waals surface area contributed by atoms with Gasteiger partial charge in [0.25, 0.3) is 0 Å². The number of allylic oxidation sites excluding steroid dienone is 4. The highest BCUT2D eigenvalue weighted by Gasteiger charge is 2.33. The Morgan fingerprint density at radius 1 is 0.688 bits per heavy atom. The van der Waals surface area contributed by atoms with Gasteiger partial charge in [-0.05, 0) is 76.0 Å². The molecule has 2 fully saturated rings. The number of rotatable bonds is 2. The Kier molecular flexibility index (Phi) is 4.26. The topological polar surface area (TPSA) is 0 Å². The smallest absolute Gasteiger partial charge is 0.0231 e. The summed E-state index contributed by atoms with van der Waals surface area (Å²) in [6.45, 7) is 4.32. The van der Waals surface area contributed by atoms with Crippen molar-refractivity contribution in [3.8, 4) is 0 Å². The maximum Gasteiger partial charge on any atom is -0.0231 e.